The Hall–Kier alpha value is -2.90. The smallest absolute Gasteiger partial charge is 0.325 e. The van der Waals surface area contributed by atoms with Gasteiger partial charge in [-0.25, -0.2) is 0 Å². The summed E-state index contributed by atoms with van der Waals surface area (Å²) in [6.45, 7) is 2.89. The Labute approximate surface area is 166 Å². The van der Waals surface area contributed by atoms with Gasteiger partial charge < -0.3 is 15.0 Å². The molecule has 1 unspecified atom stereocenters. The number of carbonyl (C=O) groups is 1. The Morgan fingerprint density at radius 2 is 1.75 bits per heavy atom. The summed E-state index contributed by atoms with van der Waals surface area (Å²) in [6.07, 6.45) is 1.84. The molecule has 0 spiro atoms. The Morgan fingerprint density at radius 1 is 1.04 bits per heavy atom. The zero-order valence-electron chi connectivity index (χ0n) is 15.2. The summed E-state index contributed by atoms with van der Waals surface area (Å²) in [7, 11) is 0. The number of anilines is 1. The van der Waals surface area contributed by atoms with Crippen LogP contribution in [0.3, 0.4) is 0 Å². The lowest BCUT2D eigenvalue weighted by Gasteiger charge is -2.38. The summed E-state index contributed by atoms with van der Waals surface area (Å²) in [5.74, 6) is 0.205. The molecule has 1 aliphatic rings. The maximum absolute atomic E-state index is 12.1. The largest absolute Gasteiger partial charge is 0.480 e. The predicted molar refractivity (Wildman–Crippen MR) is 112 cm³/mol. The van der Waals surface area contributed by atoms with E-state index in [0.29, 0.717) is 13.1 Å². The highest BCUT2D eigenvalue weighted by molar-refractivity contribution is 7.13. The van der Waals surface area contributed by atoms with Crippen molar-refractivity contribution in [3.05, 3.63) is 60.3 Å². The van der Waals surface area contributed by atoms with E-state index in [9.17, 15) is 9.90 Å². The molecule has 0 bridgehead atoms. The van der Waals surface area contributed by atoms with Crippen LogP contribution >= 0.6 is 11.5 Å². The Balaban J connectivity index is 1.39. The van der Waals surface area contributed by atoms with Crippen molar-refractivity contribution in [2.45, 2.75) is 6.04 Å². The van der Waals surface area contributed by atoms with E-state index in [1.54, 1.807) is 0 Å². The number of benzene rings is 2. The molecule has 2 N–H and O–H groups in total. The Morgan fingerprint density at radius 3 is 2.54 bits per heavy atom. The molecule has 6 nitrogen and oxygen atoms in total. The minimum absolute atomic E-state index is 0.648. The van der Waals surface area contributed by atoms with Crippen molar-refractivity contribution in [2.24, 2.45) is 0 Å². The number of nitrogens with zero attached hydrogens (tertiary/aromatic N) is 3. The van der Waals surface area contributed by atoms with Crippen LogP contribution in [0.25, 0.3) is 21.0 Å². The number of rotatable bonds is 4. The highest BCUT2D eigenvalue weighted by atomic mass is 32.1. The van der Waals surface area contributed by atoms with Crippen LogP contribution in [0.15, 0.2) is 54.7 Å². The fourth-order valence-electron chi connectivity index (χ4n) is 4.10. The molecule has 0 amide bonds. The topological polar surface area (TPSA) is 72.5 Å². The van der Waals surface area contributed by atoms with Crippen molar-refractivity contribution in [3.63, 3.8) is 0 Å². The number of piperazine rings is 1. The standard InChI is InChI=1S/C21H20N4O2S/c26-21(27)19(16-13-22-17-7-3-1-5-14(16)17)24-9-11-25(12-10-24)20-15-6-2-4-8-18(15)28-23-20/h1-8,13,19,22H,9-12H2,(H,26,27). The molecule has 142 valence electrons. The first-order valence-corrected chi connectivity index (χ1v) is 10.1. The Kier molecular flexibility index (Phi) is 4.26. The van der Waals surface area contributed by atoms with E-state index in [0.717, 1.165) is 35.4 Å². The lowest BCUT2D eigenvalue weighted by Crippen LogP contribution is -2.49. The number of para-hydroxylation sites is 1. The summed E-state index contributed by atoms with van der Waals surface area (Å²) in [4.78, 5) is 19.7. The van der Waals surface area contributed by atoms with E-state index in [1.165, 1.54) is 21.6 Å². The molecule has 2 aromatic heterocycles. The molecule has 0 radical (unpaired) electrons. The van der Waals surface area contributed by atoms with E-state index < -0.39 is 12.0 Å². The van der Waals surface area contributed by atoms with Gasteiger partial charge in [0.15, 0.2) is 0 Å². The number of nitrogens with one attached hydrogen (secondary N) is 1. The number of H-pyrrole nitrogens is 1. The number of hydrogen-bond donors (Lipinski definition) is 2. The quantitative estimate of drug-likeness (QED) is 0.554. The number of carboxylic acids is 1. The maximum Gasteiger partial charge on any atom is 0.325 e. The van der Waals surface area contributed by atoms with Crippen molar-refractivity contribution < 1.29 is 9.90 Å². The van der Waals surface area contributed by atoms with Gasteiger partial charge in [-0.2, -0.15) is 4.37 Å². The first kappa shape index (κ1) is 17.2. The molecule has 7 heteroatoms. The van der Waals surface area contributed by atoms with Gasteiger partial charge in [0.1, 0.15) is 11.9 Å². The van der Waals surface area contributed by atoms with Crippen molar-refractivity contribution >= 4 is 44.3 Å². The molecule has 3 heterocycles. The molecule has 0 aliphatic carbocycles. The second-order valence-electron chi connectivity index (χ2n) is 7.06. The molecule has 28 heavy (non-hydrogen) atoms. The van der Waals surface area contributed by atoms with Crippen molar-refractivity contribution in [1.82, 2.24) is 14.3 Å². The van der Waals surface area contributed by atoms with E-state index in [1.807, 2.05) is 42.6 Å². The predicted octanol–water partition coefficient (Wildman–Crippen LogP) is 3.73. The van der Waals surface area contributed by atoms with Gasteiger partial charge in [-0.1, -0.05) is 30.3 Å². The van der Waals surface area contributed by atoms with Crippen LogP contribution in [0, 0.1) is 0 Å². The molecule has 1 fully saturated rings. The fraction of sp³-hybridized carbons (Fsp3) is 0.238. The second-order valence-corrected chi connectivity index (χ2v) is 7.86. The highest BCUT2D eigenvalue weighted by Crippen LogP contribution is 2.32. The summed E-state index contributed by atoms with van der Waals surface area (Å²) in [5, 5.41) is 12.1. The van der Waals surface area contributed by atoms with Crippen molar-refractivity contribution in [2.75, 3.05) is 31.1 Å². The molecule has 1 aliphatic heterocycles. The normalized spacial score (nSPS) is 16.6. The summed E-state index contributed by atoms with van der Waals surface area (Å²) in [6, 6.07) is 15.5. The van der Waals surface area contributed by atoms with Gasteiger partial charge in [0.25, 0.3) is 0 Å². The van der Waals surface area contributed by atoms with Gasteiger partial charge in [0.2, 0.25) is 0 Å². The van der Waals surface area contributed by atoms with Crippen LogP contribution in [0.5, 0.6) is 0 Å². The van der Waals surface area contributed by atoms with Crippen molar-refractivity contribution in [1.29, 1.82) is 0 Å². The van der Waals surface area contributed by atoms with Gasteiger partial charge in [0, 0.05) is 54.2 Å². The second kappa shape index (κ2) is 6.92. The van der Waals surface area contributed by atoms with Crippen LogP contribution in [0.2, 0.25) is 0 Å². The number of aliphatic carboxylic acids is 1. The molecule has 4 aromatic rings. The number of hydrogen-bond acceptors (Lipinski definition) is 5. The van der Waals surface area contributed by atoms with Crippen LogP contribution in [0.1, 0.15) is 11.6 Å². The SMILES string of the molecule is O=C(O)C(c1c[nH]c2ccccc12)N1CCN(c2nsc3ccccc23)CC1. The monoisotopic (exact) mass is 392 g/mol. The first-order valence-electron chi connectivity index (χ1n) is 9.34. The summed E-state index contributed by atoms with van der Waals surface area (Å²) >= 11 is 1.52. The molecular formula is C21H20N4O2S. The van der Waals surface area contributed by atoms with E-state index in [2.05, 4.69) is 31.3 Å². The van der Waals surface area contributed by atoms with Gasteiger partial charge in [-0.15, -0.1) is 0 Å². The molecular weight excluding hydrogens is 372 g/mol. The molecule has 2 aromatic carbocycles. The minimum atomic E-state index is -0.808. The Bertz CT molecular complexity index is 1140. The molecule has 1 saturated heterocycles. The summed E-state index contributed by atoms with van der Waals surface area (Å²) in [5.41, 5.74) is 1.80. The van der Waals surface area contributed by atoms with E-state index in [4.69, 9.17) is 0 Å². The first-order chi connectivity index (χ1) is 13.7. The minimum Gasteiger partial charge on any atom is -0.480 e. The number of aromatic amines is 1. The van der Waals surface area contributed by atoms with Gasteiger partial charge in [-0.05, 0) is 29.7 Å². The van der Waals surface area contributed by atoms with Crippen LogP contribution < -0.4 is 4.90 Å². The van der Waals surface area contributed by atoms with Crippen LogP contribution in [-0.4, -0.2) is 51.5 Å². The molecule has 5 rings (SSSR count). The average Bonchev–Trinajstić information content (AvgIpc) is 3.33. The molecule has 0 saturated carbocycles. The zero-order valence-corrected chi connectivity index (χ0v) is 16.0. The zero-order chi connectivity index (χ0) is 19.1. The van der Waals surface area contributed by atoms with Crippen LogP contribution in [0.4, 0.5) is 5.82 Å². The fourth-order valence-corrected chi connectivity index (χ4v) is 4.89. The number of carboxylic acid groups (broad SMARTS) is 1. The van der Waals surface area contributed by atoms with Gasteiger partial charge in [-0.3, -0.25) is 9.69 Å². The maximum atomic E-state index is 12.1. The highest BCUT2D eigenvalue weighted by Gasteiger charge is 2.32. The number of fused-ring (bicyclic) bond motifs is 2. The van der Waals surface area contributed by atoms with Crippen molar-refractivity contribution in [3.8, 4) is 0 Å². The van der Waals surface area contributed by atoms with Gasteiger partial charge in [0.05, 0.1) is 4.70 Å². The van der Waals surface area contributed by atoms with E-state index >= 15 is 0 Å². The molecule has 1 atom stereocenters. The third-order valence-electron chi connectivity index (χ3n) is 5.49. The lowest BCUT2D eigenvalue weighted by molar-refractivity contribution is -0.143. The van der Waals surface area contributed by atoms with E-state index in [-0.39, 0.29) is 0 Å². The van der Waals surface area contributed by atoms with Gasteiger partial charge >= 0.3 is 5.97 Å². The average molecular weight is 392 g/mol. The lowest BCUT2D eigenvalue weighted by atomic mass is 10.0. The summed E-state index contributed by atoms with van der Waals surface area (Å²) < 4.78 is 5.83. The third kappa shape index (κ3) is 2.83. The third-order valence-corrected chi connectivity index (χ3v) is 6.30. The van der Waals surface area contributed by atoms with Crippen LogP contribution in [-0.2, 0) is 4.79 Å². The number of aromatic nitrogens is 2.